The van der Waals surface area contributed by atoms with Crippen molar-refractivity contribution in [3.63, 3.8) is 0 Å². The van der Waals surface area contributed by atoms with Gasteiger partial charge in [0.15, 0.2) is 0 Å². The van der Waals surface area contributed by atoms with Gasteiger partial charge in [-0.1, -0.05) is 17.7 Å². The van der Waals surface area contributed by atoms with Crippen molar-refractivity contribution in [1.29, 1.82) is 0 Å². The summed E-state index contributed by atoms with van der Waals surface area (Å²) in [5.41, 5.74) is 2.47. The van der Waals surface area contributed by atoms with Gasteiger partial charge in [0.2, 0.25) is 0 Å². The highest BCUT2D eigenvalue weighted by Crippen LogP contribution is 2.20. The minimum Gasteiger partial charge on any atom is -0.444 e. The zero-order chi connectivity index (χ0) is 17.0. The maximum atomic E-state index is 11.7. The molecule has 0 spiro atoms. The summed E-state index contributed by atoms with van der Waals surface area (Å²) in [6, 6.07) is 5.87. The molecule has 0 fully saturated rings. The van der Waals surface area contributed by atoms with Gasteiger partial charge >= 0.3 is 6.09 Å². The Balaban J connectivity index is 1.99. The molecule has 0 atom stereocenters. The van der Waals surface area contributed by atoms with E-state index in [9.17, 15) is 4.79 Å². The second-order valence-corrected chi connectivity index (χ2v) is 6.77. The van der Waals surface area contributed by atoms with Crippen molar-refractivity contribution >= 4 is 17.7 Å². The van der Waals surface area contributed by atoms with Gasteiger partial charge in [-0.3, -0.25) is 0 Å². The monoisotopic (exact) mass is 335 g/mol. The first kappa shape index (κ1) is 17.3. The zero-order valence-corrected chi connectivity index (χ0v) is 14.6. The first-order chi connectivity index (χ1) is 10.8. The standard InChI is InChI=1S/C17H22ClN3O2/c1-12-5-6-13(9-15(12)18)21-11-19-10-14(21)7-8-20-16(22)23-17(2,3)4/h5-6,9-11H,7-8H2,1-4H3,(H,20,22). The number of amides is 1. The number of nitrogens with zero attached hydrogens (tertiary/aromatic N) is 2. The zero-order valence-electron chi connectivity index (χ0n) is 13.9. The second kappa shape index (κ2) is 7.04. The molecule has 1 aromatic carbocycles. The van der Waals surface area contributed by atoms with Crippen molar-refractivity contribution in [1.82, 2.24) is 14.9 Å². The van der Waals surface area contributed by atoms with E-state index in [1.54, 1.807) is 12.5 Å². The molecule has 23 heavy (non-hydrogen) atoms. The predicted octanol–water partition coefficient (Wildman–Crippen LogP) is 3.90. The quantitative estimate of drug-likeness (QED) is 0.921. The molecule has 124 valence electrons. The molecule has 1 aromatic heterocycles. The number of benzene rings is 1. The number of rotatable bonds is 4. The molecule has 0 saturated carbocycles. The highest BCUT2D eigenvalue weighted by atomic mass is 35.5. The Bertz CT molecular complexity index is 689. The van der Waals surface area contributed by atoms with Crippen LogP contribution in [0.2, 0.25) is 5.02 Å². The van der Waals surface area contributed by atoms with E-state index >= 15 is 0 Å². The fourth-order valence-electron chi connectivity index (χ4n) is 2.08. The maximum absolute atomic E-state index is 11.7. The number of alkyl carbamates (subject to hydrolysis) is 1. The molecule has 1 N–H and O–H groups in total. The van der Waals surface area contributed by atoms with Gasteiger partial charge in [-0.25, -0.2) is 9.78 Å². The van der Waals surface area contributed by atoms with E-state index in [4.69, 9.17) is 16.3 Å². The molecule has 0 bridgehead atoms. The van der Waals surface area contributed by atoms with Crippen LogP contribution in [-0.4, -0.2) is 27.8 Å². The van der Waals surface area contributed by atoms with Gasteiger partial charge in [-0.2, -0.15) is 0 Å². The molecule has 6 heteroatoms. The van der Waals surface area contributed by atoms with Gasteiger partial charge in [-0.15, -0.1) is 0 Å². The lowest BCUT2D eigenvalue weighted by Crippen LogP contribution is -2.33. The lowest BCUT2D eigenvalue weighted by molar-refractivity contribution is 0.0528. The van der Waals surface area contributed by atoms with Crippen LogP contribution in [0.3, 0.4) is 0 Å². The summed E-state index contributed by atoms with van der Waals surface area (Å²) in [5.74, 6) is 0. The van der Waals surface area contributed by atoms with Crippen molar-refractivity contribution in [3.8, 4) is 5.69 Å². The number of hydrogen-bond acceptors (Lipinski definition) is 3. The highest BCUT2D eigenvalue weighted by molar-refractivity contribution is 6.31. The van der Waals surface area contributed by atoms with Crippen molar-refractivity contribution in [2.24, 2.45) is 0 Å². The summed E-state index contributed by atoms with van der Waals surface area (Å²) in [4.78, 5) is 15.8. The molecule has 1 heterocycles. The van der Waals surface area contributed by atoms with Crippen LogP contribution in [0.15, 0.2) is 30.7 Å². The summed E-state index contributed by atoms with van der Waals surface area (Å²) in [5, 5.41) is 3.47. The van der Waals surface area contributed by atoms with Gasteiger partial charge in [0.25, 0.3) is 0 Å². The number of carbonyl (C=O) groups excluding carboxylic acids is 1. The molecule has 0 aliphatic heterocycles. The third-order valence-electron chi connectivity index (χ3n) is 3.20. The fourth-order valence-corrected chi connectivity index (χ4v) is 2.25. The summed E-state index contributed by atoms with van der Waals surface area (Å²) in [6.45, 7) is 7.94. The van der Waals surface area contributed by atoms with Gasteiger partial charge in [0, 0.05) is 35.6 Å². The van der Waals surface area contributed by atoms with E-state index in [-0.39, 0.29) is 0 Å². The fraction of sp³-hybridized carbons (Fsp3) is 0.412. The SMILES string of the molecule is Cc1ccc(-n2cncc2CCNC(=O)OC(C)(C)C)cc1Cl. The first-order valence-electron chi connectivity index (χ1n) is 7.51. The molecule has 0 aliphatic carbocycles. The average Bonchev–Trinajstić information content (AvgIpc) is 2.88. The van der Waals surface area contributed by atoms with E-state index in [0.29, 0.717) is 18.0 Å². The second-order valence-electron chi connectivity index (χ2n) is 6.37. The van der Waals surface area contributed by atoms with Gasteiger partial charge in [0.1, 0.15) is 5.60 Å². The van der Waals surface area contributed by atoms with Crippen LogP contribution in [0.25, 0.3) is 5.69 Å². The number of hydrogen-bond donors (Lipinski definition) is 1. The lowest BCUT2D eigenvalue weighted by Gasteiger charge is -2.19. The van der Waals surface area contributed by atoms with E-state index < -0.39 is 11.7 Å². The molecule has 0 aliphatic rings. The van der Waals surface area contributed by atoms with Crippen LogP contribution in [0.1, 0.15) is 32.0 Å². The molecule has 2 aromatic rings. The summed E-state index contributed by atoms with van der Waals surface area (Å²) < 4.78 is 7.17. The molecular weight excluding hydrogens is 314 g/mol. The van der Waals surface area contributed by atoms with Crippen LogP contribution in [0.5, 0.6) is 0 Å². The number of aromatic nitrogens is 2. The first-order valence-corrected chi connectivity index (χ1v) is 7.88. The minimum absolute atomic E-state index is 0.415. The van der Waals surface area contributed by atoms with E-state index in [1.807, 2.05) is 50.5 Å². The third kappa shape index (κ3) is 4.99. The molecule has 5 nitrogen and oxygen atoms in total. The van der Waals surface area contributed by atoms with E-state index in [1.165, 1.54) is 0 Å². The molecular formula is C17H22ClN3O2. The summed E-state index contributed by atoms with van der Waals surface area (Å²) in [7, 11) is 0. The van der Waals surface area contributed by atoms with Crippen LogP contribution >= 0.6 is 11.6 Å². The van der Waals surface area contributed by atoms with Crippen molar-refractivity contribution in [3.05, 3.63) is 47.0 Å². The third-order valence-corrected chi connectivity index (χ3v) is 3.61. The topological polar surface area (TPSA) is 56.2 Å². The van der Waals surface area contributed by atoms with Crippen molar-refractivity contribution in [2.45, 2.75) is 39.7 Å². The molecule has 2 rings (SSSR count). The maximum Gasteiger partial charge on any atom is 0.407 e. The van der Waals surface area contributed by atoms with Crippen LogP contribution in [0, 0.1) is 6.92 Å². The number of aryl methyl sites for hydroxylation is 1. The van der Waals surface area contributed by atoms with Crippen LogP contribution in [0.4, 0.5) is 4.79 Å². The average molecular weight is 336 g/mol. The number of carbonyl (C=O) groups is 1. The molecule has 0 saturated heterocycles. The number of halogens is 1. The Labute approximate surface area is 141 Å². The summed E-state index contributed by atoms with van der Waals surface area (Å²) in [6.07, 6.45) is 3.75. The van der Waals surface area contributed by atoms with Crippen LogP contribution in [-0.2, 0) is 11.2 Å². The Kier molecular flexibility index (Phi) is 5.31. The summed E-state index contributed by atoms with van der Waals surface area (Å²) >= 11 is 6.18. The van der Waals surface area contributed by atoms with Crippen molar-refractivity contribution < 1.29 is 9.53 Å². The smallest absolute Gasteiger partial charge is 0.407 e. The molecule has 0 unspecified atom stereocenters. The normalized spacial score (nSPS) is 11.3. The van der Waals surface area contributed by atoms with Gasteiger partial charge in [0.05, 0.1) is 6.33 Å². The van der Waals surface area contributed by atoms with Gasteiger partial charge < -0.3 is 14.6 Å². The van der Waals surface area contributed by atoms with E-state index in [0.717, 1.165) is 16.9 Å². The highest BCUT2D eigenvalue weighted by Gasteiger charge is 2.15. The largest absolute Gasteiger partial charge is 0.444 e. The Morgan fingerprint density at radius 3 is 2.78 bits per heavy atom. The van der Waals surface area contributed by atoms with E-state index in [2.05, 4.69) is 10.3 Å². The number of imidazole rings is 1. The Morgan fingerprint density at radius 2 is 2.13 bits per heavy atom. The molecule has 0 radical (unpaired) electrons. The Hall–Kier alpha value is -2.01. The Morgan fingerprint density at radius 1 is 1.39 bits per heavy atom. The molecule has 1 amide bonds. The lowest BCUT2D eigenvalue weighted by atomic mass is 10.2. The van der Waals surface area contributed by atoms with Crippen LogP contribution < -0.4 is 5.32 Å². The minimum atomic E-state index is -0.496. The number of ether oxygens (including phenoxy) is 1. The number of nitrogens with one attached hydrogen (secondary N) is 1. The van der Waals surface area contributed by atoms with Crippen molar-refractivity contribution in [2.75, 3.05) is 6.54 Å². The van der Waals surface area contributed by atoms with Gasteiger partial charge in [-0.05, 0) is 45.4 Å². The predicted molar refractivity (Wildman–Crippen MR) is 91.3 cm³/mol.